The van der Waals surface area contributed by atoms with Crippen LogP contribution < -0.4 is 5.73 Å². The Morgan fingerprint density at radius 2 is 2.54 bits per heavy atom. The molecule has 4 heteroatoms. The predicted molar refractivity (Wildman–Crippen MR) is 60.5 cm³/mol. The number of amidine groups is 1. The molecule has 1 aliphatic heterocycles. The second-order valence-electron chi connectivity index (χ2n) is 3.05. The van der Waals surface area contributed by atoms with Gasteiger partial charge in [-0.1, -0.05) is 17.8 Å². The molecule has 0 fully saturated rings. The number of nitrogens with zero attached hydrogens (tertiary/aromatic N) is 1. The van der Waals surface area contributed by atoms with Crippen molar-refractivity contribution < 1.29 is 0 Å². The fourth-order valence-corrected chi connectivity index (χ4v) is 2.90. The molecule has 0 aromatic carbocycles. The van der Waals surface area contributed by atoms with Crippen LogP contribution in [0.2, 0.25) is 0 Å². The highest BCUT2D eigenvalue weighted by Gasteiger charge is 2.15. The zero-order valence-corrected chi connectivity index (χ0v) is 8.90. The minimum absolute atomic E-state index is 0.451. The Balaban J connectivity index is 1.81. The predicted octanol–water partition coefficient (Wildman–Crippen LogP) is 2.11. The molecule has 0 unspecified atom stereocenters. The number of thiophene rings is 1. The molecule has 70 valence electrons. The van der Waals surface area contributed by atoms with Gasteiger partial charge < -0.3 is 5.73 Å². The van der Waals surface area contributed by atoms with E-state index in [9.17, 15) is 0 Å². The first-order chi connectivity index (χ1) is 6.34. The molecular formula is C9H12N2S2. The number of thioether (sulfide) groups is 1. The van der Waals surface area contributed by atoms with Gasteiger partial charge in [0.1, 0.15) is 0 Å². The number of aryl methyl sites for hydroxylation is 1. The van der Waals surface area contributed by atoms with Crippen LogP contribution in [0, 0.1) is 0 Å². The Labute approximate surface area is 86.2 Å². The molecule has 0 bridgehead atoms. The van der Waals surface area contributed by atoms with E-state index in [4.69, 9.17) is 5.73 Å². The molecule has 0 aliphatic carbocycles. The topological polar surface area (TPSA) is 38.4 Å². The van der Waals surface area contributed by atoms with Gasteiger partial charge in [-0.15, -0.1) is 11.3 Å². The molecule has 1 aromatic rings. The highest BCUT2D eigenvalue weighted by atomic mass is 32.2. The van der Waals surface area contributed by atoms with Crippen LogP contribution in [0.1, 0.15) is 11.3 Å². The third-order valence-corrected chi connectivity index (χ3v) is 3.93. The lowest BCUT2D eigenvalue weighted by Gasteiger charge is -2.02. The van der Waals surface area contributed by atoms with E-state index in [-0.39, 0.29) is 0 Å². The summed E-state index contributed by atoms with van der Waals surface area (Å²) in [5.41, 5.74) is 5.59. The van der Waals surface area contributed by atoms with Crippen LogP contribution in [-0.4, -0.2) is 17.0 Å². The largest absolute Gasteiger partial charge is 0.379 e. The van der Waals surface area contributed by atoms with Crippen molar-refractivity contribution in [3.05, 3.63) is 22.4 Å². The number of aliphatic imine (C=N–C) groups is 1. The minimum Gasteiger partial charge on any atom is -0.379 e. The normalized spacial score (nSPS) is 21.8. The van der Waals surface area contributed by atoms with Crippen LogP contribution in [0.3, 0.4) is 0 Å². The number of hydrogen-bond donors (Lipinski definition) is 1. The van der Waals surface area contributed by atoms with Gasteiger partial charge in [0.15, 0.2) is 5.17 Å². The fourth-order valence-electron chi connectivity index (χ4n) is 1.35. The van der Waals surface area contributed by atoms with Crippen LogP contribution in [0.4, 0.5) is 0 Å². The second-order valence-corrected chi connectivity index (χ2v) is 5.12. The van der Waals surface area contributed by atoms with E-state index in [2.05, 4.69) is 22.5 Å². The van der Waals surface area contributed by atoms with Crippen molar-refractivity contribution in [2.45, 2.75) is 18.9 Å². The zero-order valence-electron chi connectivity index (χ0n) is 7.27. The summed E-state index contributed by atoms with van der Waals surface area (Å²) in [5.74, 6) is 1.07. The molecule has 0 amide bonds. The minimum atomic E-state index is 0.451. The van der Waals surface area contributed by atoms with E-state index in [0.29, 0.717) is 6.04 Å². The maximum absolute atomic E-state index is 5.59. The van der Waals surface area contributed by atoms with Gasteiger partial charge in [-0.2, -0.15) is 0 Å². The maximum Gasteiger partial charge on any atom is 0.154 e. The molecule has 2 heterocycles. The van der Waals surface area contributed by atoms with E-state index >= 15 is 0 Å². The molecule has 1 atom stereocenters. The molecule has 1 aromatic heterocycles. The summed E-state index contributed by atoms with van der Waals surface area (Å²) >= 11 is 3.49. The lowest BCUT2D eigenvalue weighted by atomic mass is 10.2. The third kappa shape index (κ3) is 2.48. The van der Waals surface area contributed by atoms with Crippen molar-refractivity contribution in [2.24, 2.45) is 10.7 Å². The van der Waals surface area contributed by atoms with Crippen LogP contribution in [-0.2, 0) is 6.42 Å². The summed E-state index contributed by atoms with van der Waals surface area (Å²) in [7, 11) is 0. The van der Waals surface area contributed by atoms with Gasteiger partial charge in [0, 0.05) is 10.6 Å². The average molecular weight is 212 g/mol. The van der Waals surface area contributed by atoms with Crippen molar-refractivity contribution in [1.29, 1.82) is 0 Å². The molecule has 0 radical (unpaired) electrons. The van der Waals surface area contributed by atoms with Gasteiger partial charge in [0.25, 0.3) is 0 Å². The summed E-state index contributed by atoms with van der Waals surface area (Å²) in [5, 5.41) is 2.88. The average Bonchev–Trinajstić information content (AvgIpc) is 2.71. The molecule has 0 saturated heterocycles. The molecule has 0 saturated carbocycles. The Hall–Kier alpha value is -0.480. The molecule has 2 N–H and O–H groups in total. The van der Waals surface area contributed by atoms with Gasteiger partial charge in [0.05, 0.1) is 6.04 Å². The summed E-state index contributed by atoms with van der Waals surface area (Å²) in [4.78, 5) is 5.80. The lowest BCUT2D eigenvalue weighted by Crippen LogP contribution is -2.05. The van der Waals surface area contributed by atoms with Gasteiger partial charge >= 0.3 is 0 Å². The van der Waals surface area contributed by atoms with Crippen LogP contribution in [0.25, 0.3) is 0 Å². The van der Waals surface area contributed by atoms with Crippen molar-refractivity contribution in [3.63, 3.8) is 0 Å². The van der Waals surface area contributed by atoms with E-state index in [1.165, 1.54) is 4.88 Å². The van der Waals surface area contributed by atoms with Crippen LogP contribution >= 0.6 is 23.1 Å². The number of hydrogen-bond acceptors (Lipinski definition) is 4. The van der Waals surface area contributed by atoms with E-state index in [1.807, 2.05) is 11.3 Å². The van der Waals surface area contributed by atoms with Crippen LogP contribution in [0.5, 0.6) is 0 Å². The Morgan fingerprint density at radius 1 is 1.62 bits per heavy atom. The number of nitrogens with two attached hydrogens (primary N) is 1. The fraction of sp³-hybridized carbons (Fsp3) is 0.444. The van der Waals surface area contributed by atoms with E-state index < -0.39 is 0 Å². The van der Waals surface area contributed by atoms with Crippen molar-refractivity contribution in [3.8, 4) is 0 Å². The quantitative estimate of drug-likeness (QED) is 0.833. The smallest absolute Gasteiger partial charge is 0.154 e. The van der Waals surface area contributed by atoms with Crippen LogP contribution in [0.15, 0.2) is 22.5 Å². The maximum atomic E-state index is 5.59. The monoisotopic (exact) mass is 212 g/mol. The van der Waals surface area contributed by atoms with Gasteiger partial charge in [-0.05, 0) is 24.3 Å². The molecule has 1 aliphatic rings. The second kappa shape index (κ2) is 4.15. The standard InChI is InChI=1S/C9H12N2S2/c10-9-11-7(6-13-9)3-4-8-2-1-5-12-8/h1-2,5,7H,3-4,6H2,(H2,10,11)/t7-/m1/s1. The zero-order chi connectivity index (χ0) is 9.10. The SMILES string of the molecule is NC1=N[C@H](CCc2cccs2)CS1. The summed E-state index contributed by atoms with van der Waals surface area (Å²) < 4.78 is 0. The van der Waals surface area contributed by atoms with E-state index in [0.717, 1.165) is 23.8 Å². The Morgan fingerprint density at radius 3 is 3.15 bits per heavy atom. The van der Waals surface area contributed by atoms with Crippen molar-refractivity contribution in [1.82, 2.24) is 0 Å². The first-order valence-corrected chi connectivity index (χ1v) is 6.19. The summed E-state index contributed by atoms with van der Waals surface area (Å²) in [6.07, 6.45) is 2.27. The lowest BCUT2D eigenvalue weighted by molar-refractivity contribution is 0.689. The first kappa shape index (κ1) is 9.09. The first-order valence-electron chi connectivity index (χ1n) is 4.33. The Bertz CT molecular complexity index is 293. The molecule has 2 nitrogen and oxygen atoms in total. The van der Waals surface area contributed by atoms with E-state index in [1.54, 1.807) is 11.8 Å². The van der Waals surface area contributed by atoms with Gasteiger partial charge in [0.2, 0.25) is 0 Å². The molecular weight excluding hydrogens is 200 g/mol. The number of rotatable bonds is 3. The highest BCUT2D eigenvalue weighted by molar-refractivity contribution is 8.14. The summed E-state index contributed by atoms with van der Waals surface area (Å²) in [6, 6.07) is 4.73. The third-order valence-electron chi connectivity index (χ3n) is 2.04. The molecule has 0 spiro atoms. The molecule has 2 rings (SSSR count). The highest BCUT2D eigenvalue weighted by Crippen LogP contribution is 2.20. The Kier molecular flexibility index (Phi) is 2.90. The summed E-state index contributed by atoms with van der Waals surface area (Å²) in [6.45, 7) is 0. The van der Waals surface area contributed by atoms with Gasteiger partial charge in [-0.25, -0.2) is 0 Å². The van der Waals surface area contributed by atoms with Crippen molar-refractivity contribution in [2.75, 3.05) is 5.75 Å². The molecule has 13 heavy (non-hydrogen) atoms. The van der Waals surface area contributed by atoms with Crippen molar-refractivity contribution >= 4 is 28.3 Å². The van der Waals surface area contributed by atoms with Gasteiger partial charge in [-0.3, -0.25) is 4.99 Å².